The minimum Gasteiger partial charge on any atom is -0.350 e. The van der Waals surface area contributed by atoms with E-state index in [2.05, 4.69) is 10.6 Å². The molecule has 0 aliphatic carbocycles. The fourth-order valence-electron chi connectivity index (χ4n) is 2.34. The number of nitrogens with zero attached hydrogens (tertiary/aromatic N) is 2. The Kier molecular flexibility index (Phi) is 6.15. The summed E-state index contributed by atoms with van der Waals surface area (Å²) in [5, 5.41) is 27.0. The highest BCUT2D eigenvalue weighted by atomic mass is 16.6. The highest BCUT2D eigenvalue weighted by Gasteiger charge is 2.22. The molecule has 2 N–H and O–H groups in total. The summed E-state index contributed by atoms with van der Waals surface area (Å²) in [5.74, 6) is -1.32. The van der Waals surface area contributed by atoms with E-state index in [1.165, 1.54) is 48.5 Å². The van der Waals surface area contributed by atoms with Gasteiger partial charge in [-0.3, -0.25) is 29.8 Å². The summed E-state index contributed by atoms with van der Waals surface area (Å²) in [4.78, 5) is 45.0. The number of hydrogen-bond acceptors (Lipinski definition) is 6. The lowest BCUT2D eigenvalue weighted by Gasteiger charge is -2.15. The van der Waals surface area contributed by atoms with Crippen LogP contribution in [-0.4, -0.2) is 34.2 Å². The Bertz CT molecular complexity index is 898. The molecule has 1 atom stereocenters. The molecular formula is C17H16N4O6. The van der Waals surface area contributed by atoms with Gasteiger partial charge in [-0.05, 0) is 19.1 Å². The summed E-state index contributed by atoms with van der Waals surface area (Å²) in [7, 11) is 0. The Morgan fingerprint density at radius 1 is 0.889 bits per heavy atom. The molecule has 2 aromatic rings. The van der Waals surface area contributed by atoms with Crippen LogP contribution in [0, 0.1) is 20.2 Å². The quantitative estimate of drug-likeness (QED) is 0.562. The fraction of sp³-hybridized carbons (Fsp3) is 0.176. The maximum atomic E-state index is 12.2. The molecule has 0 saturated heterocycles. The maximum absolute atomic E-state index is 12.2. The maximum Gasteiger partial charge on any atom is 0.282 e. The Morgan fingerprint density at radius 2 is 1.33 bits per heavy atom. The zero-order valence-electron chi connectivity index (χ0n) is 14.2. The molecule has 0 radical (unpaired) electrons. The van der Waals surface area contributed by atoms with Crippen LogP contribution in [0.2, 0.25) is 0 Å². The average molecular weight is 372 g/mol. The van der Waals surface area contributed by atoms with E-state index in [0.29, 0.717) is 0 Å². The third-order valence-electron chi connectivity index (χ3n) is 3.64. The van der Waals surface area contributed by atoms with E-state index < -0.39 is 27.7 Å². The van der Waals surface area contributed by atoms with E-state index >= 15 is 0 Å². The molecule has 140 valence electrons. The second-order valence-electron chi connectivity index (χ2n) is 5.63. The third kappa shape index (κ3) is 4.84. The molecule has 2 rings (SSSR count). The van der Waals surface area contributed by atoms with Crippen LogP contribution in [0.3, 0.4) is 0 Å². The molecule has 0 saturated carbocycles. The molecule has 10 heteroatoms. The van der Waals surface area contributed by atoms with Gasteiger partial charge in [0, 0.05) is 24.7 Å². The van der Waals surface area contributed by atoms with Crippen molar-refractivity contribution in [3.63, 3.8) is 0 Å². The van der Waals surface area contributed by atoms with Crippen molar-refractivity contribution in [2.45, 2.75) is 13.0 Å². The number of nitro benzene ring substituents is 2. The number of para-hydroxylation sites is 2. The van der Waals surface area contributed by atoms with Crippen LogP contribution < -0.4 is 10.6 Å². The fourth-order valence-corrected chi connectivity index (χ4v) is 2.34. The largest absolute Gasteiger partial charge is 0.350 e. The molecular weight excluding hydrogens is 356 g/mol. The Hall–Kier alpha value is -3.82. The molecule has 0 fully saturated rings. The lowest BCUT2D eigenvalue weighted by Crippen LogP contribution is -2.42. The summed E-state index contributed by atoms with van der Waals surface area (Å²) >= 11 is 0. The average Bonchev–Trinajstić information content (AvgIpc) is 2.65. The first-order chi connectivity index (χ1) is 12.8. The number of carbonyl (C=O) groups is 2. The number of nitrogens with one attached hydrogen (secondary N) is 2. The number of nitro groups is 2. The van der Waals surface area contributed by atoms with Crippen molar-refractivity contribution in [3.05, 3.63) is 79.9 Å². The first-order valence-electron chi connectivity index (χ1n) is 7.87. The SMILES string of the molecule is C[C@H](CNC(=O)c1ccccc1[N+](=O)[O-])NC(=O)c1ccccc1[N+](=O)[O-]. The first-order valence-corrected chi connectivity index (χ1v) is 7.87. The molecule has 0 spiro atoms. The van der Waals surface area contributed by atoms with E-state index in [-0.39, 0.29) is 29.0 Å². The standard InChI is InChI=1S/C17H16N4O6/c1-11(19-17(23)13-7-3-5-9-15(13)21(26)27)10-18-16(22)12-6-2-4-8-14(12)20(24)25/h2-9,11H,10H2,1H3,(H,18,22)(H,19,23)/t11-/m1/s1. The number of rotatable bonds is 7. The molecule has 0 aromatic heterocycles. The zero-order valence-corrected chi connectivity index (χ0v) is 14.2. The van der Waals surface area contributed by atoms with Gasteiger partial charge in [0.05, 0.1) is 9.85 Å². The van der Waals surface area contributed by atoms with E-state index in [4.69, 9.17) is 0 Å². The van der Waals surface area contributed by atoms with Gasteiger partial charge in [0.25, 0.3) is 23.2 Å². The van der Waals surface area contributed by atoms with Gasteiger partial charge in [-0.2, -0.15) is 0 Å². The van der Waals surface area contributed by atoms with Crippen LogP contribution in [0.5, 0.6) is 0 Å². The third-order valence-corrected chi connectivity index (χ3v) is 3.64. The monoisotopic (exact) mass is 372 g/mol. The highest BCUT2D eigenvalue weighted by molar-refractivity contribution is 5.99. The molecule has 0 unspecified atom stereocenters. The lowest BCUT2D eigenvalue weighted by molar-refractivity contribution is -0.385. The minimum atomic E-state index is -0.658. The van der Waals surface area contributed by atoms with Crippen molar-refractivity contribution in [1.29, 1.82) is 0 Å². The smallest absolute Gasteiger partial charge is 0.282 e. The van der Waals surface area contributed by atoms with Crippen LogP contribution in [-0.2, 0) is 0 Å². The normalized spacial score (nSPS) is 11.3. The Balaban J connectivity index is 2.00. The van der Waals surface area contributed by atoms with E-state index in [1.54, 1.807) is 6.92 Å². The summed E-state index contributed by atoms with van der Waals surface area (Å²) in [6, 6.07) is 10.4. The number of benzene rings is 2. The number of carbonyl (C=O) groups excluding carboxylic acids is 2. The zero-order chi connectivity index (χ0) is 20.0. The topological polar surface area (TPSA) is 144 Å². The van der Waals surface area contributed by atoms with Crippen molar-refractivity contribution >= 4 is 23.2 Å². The van der Waals surface area contributed by atoms with Crippen molar-refractivity contribution in [1.82, 2.24) is 10.6 Å². The number of amides is 2. The molecule has 0 aliphatic heterocycles. The van der Waals surface area contributed by atoms with Crippen molar-refractivity contribution in [2.75, 3.05) is 6.54 Å². The van der Waals surface area contributed by atoms with Crippen LogP contribution in [0.15, 0.2) is 48.5 Å². The second kappa shape index (κ2) is 8.52. The molecule has 0 bridgehead atoms. The van der Waals surface area contributed by atoms with Gasteiger partial charge < -0.3 is 10.6 Å². The lowest BCUT2D eigenvalue weighted by atomic mass is 10.1. The minimum absolute atomic E-state index is 0.0166. The van der Waals surface area contributed by atoms with Crippen molar-refractivity contribution in [2.24, 2.45) is 0 Å². The van der Waals surface area contributed by atoms with Gasteiger partial charge in [-0.15, -0.1) is 0 Å². The van der Waals surface area contributed by atoms with Gasteiger partial charge in [-0.1, -0.05) is 24.3 Å². The first kappa shape index (κ1) is 19.5. The van der Waals surface area contributed by atoms with Crippen LogP contribution in [0.25, 0.3) is 0 Å². The van der Waals surface area contributed by atoms with Crippen molar-refractivity contribution < 1.29 is 19.4 Å². The van der Waals surface area contributed by atoms with E-state index in [0.717, 1.165) is 0 Å². The summed E-state index contributed by atoms with van der Waals surface area (Å²) in [5.41, 5.74) is -0.850. The molecule has 0 aliphatic rings. The van der Waals surface area contributed by atoms with Gasteiger partial charge >= 0.3 is 0 Å². The Morgan fingerprint density at radius 3 is 1.81 bits per heavy atom. The molecule has 2 aromatic carbocycles. The van der Waals surface area contributed by atoms with Crippen LogP contribution >= 0.6 is 0 Å². The molecule has 27 heavy (non-hydrogen) atoms. The van der Waals surface area contributed by atoms with E-state index in [1.807, 2.05) is 0 Å². The van der Waals surface area contributed by atoms with Gasteiger partial charge in [0.15, 0.2) is 0 Å². The Labute approximate surface area is 153 Å². The summed E-state index contributed by atoms with van der Waals surface area (Å²) < 4.78 is 0. The molecule has 0 heterocycles. The summed E-state index contributed by atoms with van der Waals surface area (Å²) in [6.07, 6.45) is 0. The number of hydrogen-bond donors (Lipinski definition) is 2. The predicted octanol–water partition coefficient (Wildman–Crippen LogP) is 2.05. The predicted molar refractivity (Wildman–Crippen MR) is 95.5 cm³/mol. The van der Waals surface area contributed by atoms with Crippen molar-refractivity contribution in [3.8, 4) is 0 Å². The highest BCUT2D eigenvalue weighted by Crippen LogP contribution is 2.18. The molecule has 10 nitrogen and oxygen atoms in total. The summed E-state index contributed by atoms with van der Waals surface area (Å²) in [6.45, 7) is 1.57. The van der Waals surface area contributed by atoms with Crippen LogP contribution in [0.1, 0.15) is 27.6 Å². The molecule has 2 amide bonds. The van der Waals surface area contributed by atoms with Gasteiger partial charge in [-0.25, -0.2) is 0 Å². The van der Waals surface area contributed by atoms with E-state index in [9.17, 15) is 29.8 Å². The van der Waals surface area contributed by atoms with Crippen LogP contribution in [0.4, 0.5) is 11.4 Å². The second-order valence-corrected chi connectivity index (χ2v) is 5.63. The van der Waals surface area contributed by atoms with Gasteiger partial charge in [0.1, 0.15) is 11.1 Å². The van der Waals surface area contributed by atoms with Gasteiger partial charge in [0.2, 0.25) is 0 Å².